The number of carbonyl (C=O) groups is 2. The van der Waals surface area contributed by atoms with Crippen molar-refractivity contribution in [3.8, 4) is 11.5 Å². The minimum Gasteiger partial charge on any atom is -0.462 e. The number of aromatic nitrogens is 1. The van der Waals surface area contributed by atoms with Crippen molar-refractivity contribution in [1.29, 1.82) is 0 Å². The highest BCUT2D eigenvalue weighted by atomic mass is 16.5. The number of ether oxygens (including phenoxy) is 2. The summed E-state index contributed by atoms with van der Waals surface area (Å²) in [6.45, 7) is 7.32. The number of hydrogen-bond donors (Lipinski definition) is 2. The van der Waals surface area contributed by atoms with E-state index in [0.717, 1.165) is 0 Å². The van der Waals surface area contributed by atoms with E-state index in [9.17, 15) is 9.59 Å². The summed E-state index contributed by atoms with van der Waals surface area (Å²) in [5.74, 6) is 0.751. The zero-order valence-electron chi connectivity index (χ0n) is 17.6. The largest absolute Gasteiger partial charge is 0.462 e. The molecule has 0 unspecified atom stereocenters. The molecule has 2 N–H and O–H groups in total. The summed E-state index contributed by atoms with van der Waals surface area (Å²) in [5.41, 5.74) is 2.73. The number of aryl methyl sites for hydroxylation is 1. The highest BCUT2D eigenvalue weighted by molar-refractivity contribution is 6.04. The molecule has 0 aliphatic rings. The van der Waals surface area contributed by atoms with Crippen molar-refractivity contribution in [2.45, 2.75) is 33.7 Å². The smallest absolute Gasteiger partial charge is 0.340 e. The fourth-order valence-electron chi connectivity index (χ4n) is 3.31. The molecule has 30 heavy (non-hydrogen) atoms. The predicted molar refractivity (Wildman–Crippen MR) is 117 cm³/mol. The number of nitrogens with one attached hydrogen (secondary N) is 2. The fourth-order valence-corrected chi connectivity index (χ4v) is 3.31. The number of esters is 1. The average Bonchev–Trinajstić information content (AvgIpc) is 3.03. The molecule has 0 bridgehead atoms. The minimum atomic E-state index is -0.544. The van der Waals surface area contributed by atoms with Gasteiger partial charge >= 0.3 is 5.97 Å². The van der Waals surface area contributed by atoms with Crippen molar-refractivity contribution in [2.24, 2.45) is 0 Å². The van der Waals surface area contributed by atoms with Crippen LogP contribution in [0.3, 0.4) is 0 Å². The summed E-state index contributed by atoms with van der Waals surface area (Å²) in [6, 6.07) is 16.4. The Morgan fingerprint density at radius 1 is 1.03 bits per heavy atom. The van der Waals surface area contributed by atoms with Gasteiger partial charge in [0.1, 0.15) is 5.75 Å². The Morgan fingerprint density at radius 2 is 1.70 bits per heavy atom. The zero-order chi connectivity index (χ0) is 21.7. The molecule has 2 aromatic carbocycles. The Kier molecular flexibility index (Phi) is 6.57. The second-order valence-corrected chi connectivity index (χ2v) is 6.99. The second kappa shape index (κ2) is 9.31. The van der Waals surface area contributed by atoms with E-state index in [-0.39, 0.29) is 12.4 Å². The molecule has 6 nitrogen and oxygen atoms in total. The summed E-state index contributed by atoms with van der Waals surface area (Å²) in [7, 11) is 0. The molecule has 0 amide bonds. The van der Waals surface area contributed by atoms with Crippen LogP contribution in [0.25, 0.3) is 0 Å². The lowest BCUT2D eigenvalue weighted by Gasteiger charge is -2.17. The van der Waals surface area contributed by atoms with E-state index in [1.54, 1.807) is 27.7 Å². The van der Waals surface area contributed by atoms with E-state index in [4.69, 9.17) is 9.47 Å². The van der Waals surface area contributed by atoms with Gasteiger partial charge in [0.25, 0.3) is 0 Å². The van der Waals surface area contributed by atoms with E-state index in [1.807, 2.05) is 54.6 Å². The summed E-state index contributed by atoms with van der Waals surface area (Å²) in [6.07, 6.45) is 0. The third kappa shape index (κ3) is 4.54. The number of hydrogen-bond acceptors (Lipinski definition) is 5. The number of para-hydroxylation sites is 3. The maximum Gasteiger partial charge on any atom is 0.340 e. The third-order valence-electron chi connectivity index (χ3n) is 4.79. The van der Waals surface area contributed by atoms with Crippen molar-refractivity contribution in [3.05, 3.63) is 77.1 Å². The van der Waals surface area contributed by atoms with Gasteiger partial charge in [0.2, 0.25) is 5.78 Å². The van der Waals surface area contributed by atoms with Gasteiger partial charge in [-0.15, -0.1) is 0 Å². The topological polar surface area (TPSA) is 80.4 Å². The van der Waals surface area contributed by atoms with Crippen LogP contribution in [0.15, 0.2) is 54.6 Å². The molecule has 0 saturated heterocycles. The maximum absolute atomic E-state index is 13.1. The standard InChI is InChI=1S/C24H26N2O4/c1-5-29-24(28)21-15(2)22(26-16(21)3)23(27)17(4)25-19-13-9-10-14-20(19)30-18-11-7-6-8-12-18/h6-14,17,25-26H,5H2,1-4H3/t17-/m1/s1. The molecule has 1 atom stereocenters. The summed E-state index contributed by atoms with van der Waals surface area (Å²) >= 11 is 0. The van der Waals surface area contributed by atoms with Gasteiger partial charge in [-0.1, -0.05) is 30.3 Å². The molecule has 1 heterocycles. The minimum absolute atomic E-state index is 0.152. The summed E-state index contributed by atoms with van der Waals surface area (Å²) < 4.78 is 11.1. The number of Topliss-reactive ketones (excluding diaryl/α,β-unsaturated/α-hetero) is 1. The summed E-state index contributed by atoms with van der Waals surface area (Å²) in [4.78, 5) is 28.4. The molecular formula is C24H26N2O4. The first-order valence-corrected chi connectivity index (χ1v) is 9.91. The van der Waals surface area contributed by atoms with Gasteiger partial charge in [-0.25, -0.2) is 4.79 Å². The fraction of sp³-hybridized carbons (Fsp3) is 0.250. The van der Waals surface area contributed by atoms with Gasteiger partial charge in [0.05, 0.1) is 29.6 Å². The first kappa shape index (κ1) is 21.2. The lowest BCUT2D eigenvalue weighted by molar-refractivity contribution is 0.0525. The highest BCUT2D eigenvalue weighted by Crippen LogP contribution is 2.30. The van der Waals surface area contributed by atoms with Crippen LogP contribution in [-0.2, 0) is 4.74 Å². The zero-order valence-corrected chi connectivity index (χ0v) is 17.6. The Hall–Kier alpha value is -3.54. The van der Waals surface area contributed by atoms with E-state index < -0.39 is 12.0 Å². The van der Waals surface area contributed by atoms with Gasteiger partial charge < -0.3 is 19.8 Å². The molecule has 0 radical (unpaired) electrons. The molecule has 156 valence electrons. The van der Waals surface area contributed by atoms with Crippen molar-refractivity contribution < 1.29 is 19.1 Å². The Balaban J connectivity index is 1.80. The molecule has 3 aromatic rings. The van der Waals surface area contributed by atoms with Crippen LogP contribution >= 0.6 is 0 Å². The average molecular weight is 406 g/mol. The van der Waals surface area contributed by atoms with Gasteiger partial charge in [0.15, 0.2) is 5.75 Å². The highest BCUT2D eigenvalue weighted by Gasteiger charge is 2.26. The molecule has 0 aliphatic carbocycles. The van der Waals surface area contributed by atoms with Crippen LogP contribution in [0.4, 0.5) is 5.69 Å². The number of H-pyrrole nitrogens is 1. The monoisotopic (exact) mass is 406 g/mol. The number of benzene rings is 2. The third-order valence-corrected chi connectivity index (χ3v) is 4.79. The molecule has 0 aliphatic heterocycles. The van der Waals surface area contributed by atoms with Gasteiger partial charge in [-0.2, -0.15) is 0 Å². The van der Waals surface area contributed by atoms with Crippen molar-refractivity contribution in [3.63, 3.8) is 0 Å². The van der Waals surface area contributed by atoms with Gasteiger partial charge in [-0.3, -0.25) is 4.79 Å². The normalized spacial score (nSPS) is 11.6. The van der Waals surface area contributed by atoms with Crippen LogP contribution < -0.4 is 10.1 Å². The number of aromatic amines is 1. The van der Waals surface area contributed by atoms with E-state index >= 15 is 0 Å². The predicted octanol–water partition coefficient (Wildman–Crippen LogP) is 5.28. The lowest BCUT2D eigenvalue weighted by atomic mass is 10.0. The maximum atomic E-state index is 13.1. The first-order chi connectivity index (χ1) is 14.4. The number of rotatable bonds is 8. The molecule has 0 spiro atoms. The molecule has 1 aromatic heterocycles. The molecule has 6 heteroatoms. The van der Waals surface area contributed by atoms with Crippen LogP contribution in [0, 0.1) is 13.8 Å². The van der Waals surface area contributed by atoms with E-state index in [1.165, 1.54) is 0 Å². The van der Waals surface area contributed by atoms with Gasteiger partial charge in [-0.05, 0) is 57.5 Å². The SMILES string of the molecule is CCOC(=O)c1c(C)[nH]c(C(=O)[C@@H](C)Nc2ccccc2Oc2ccccc2)c1C. The second-order valence-electron chi connectivity index (χ2n) is 6.99. The number of ketones is 1. The molecular weight excluding hydrogens is 380 g/mol. The Labute approximate surface area is 176 Å². The van der Waals surface area contributed by atoms with E-state index in [0.29, 0.717) is 39.7 Å². The molecule has 3 rings (SSSR count). The Bertz CT molecular complexity index is 1040. The van der Waals surface area contributed by atoms with Crippen LogP contribution in [-0.4, -0.2) is 29.4 Å². The van der Waals surface area contributed by atoms with Crippen LogP contribution in [0.5, 0.6) is 11.5 Å². The quantitative estimate of drug-likeness (QED) is 0.393. The Morgan fingerprint density at radius 3 is 2.40 bits per heavy atom. The first-order valence-electron chi connectivity index (χ1n) is 9.91. The molecule has 0 saturated carbocycles. The van der Waals surface area contributed by atoms with Crippen LogP contribution in [0.2, 0.25) is 0 Å². The molecule has 0 fully saturated rings. The van der Waals surface area contributed by atoms with Crippen LogP contribution in [0.1, 0.15) is 46.0 Å². The summed E-state index contributed by atoms with van der Waals surface area (Å²) in [5, 5.41) is 3.23. The number of anilines is 1. The van der Waals surface area contributed by atoms with Crippen molar-refractivity contribution in [2.75, 3.05) is 11.9 Å². The lowest BCUT2D eigenvalue weighted by Crippen LogP contribution is -2.27. The van der Waals surface area contributed by atoms with Crippen molar-refractivity contribution in [1.82, 2.24) is 4.98 Å². The van der Waals surface area contributed by atoms with E-state index in [2.05, 4.69) is 10.3 Å². The van der Waals surface area contributed by atoms with Crippen molar-refractivity contribution >= 4 is 17.4 Å². The van der Waals surface area contributed by atoms with Gasteiger partial charge in [0, 0.05) is 5.69 Å². The number of carbonyl (C=O) groups excluding carboxylic acids is 2.